The number of carbonyl (C=O) groups is 1. The third-order valence-corrected chi connectivity index (χ3v) is 3.35. The highest BCUT2D eigenvalue weighted by molar-refractivity contribution is 6.33. The number of halogens is 5. The summed E-state index contributed by atoms with van der Waals surface area (Å²) in [6, 6.07) is 8.24. The third kappa shape index (κ3) is 5.01. The molecule has 0 unspecified atom stereocenters. The van der Waals surface area contributed by atoms with Crippen LogP contribution in [-0.2, 0) is 6.54 Å². The molecule has 2 aromatic rings. The second-order valence-electron chi connectivity index (χ2n) is 4.82. The first kappa shape index (κ1) is 18.4. The normalized spacial score (nSPS) is 11.2. The van der Waals surface area contributed by atoms with Crippen molar-refractivity contribution in [1.82, 2.24) is 9.88 Å². The van der Waals surface area contributed by atoms with E-state index in [0.29, 0.717) is 0 Å². The highest BCUT2D eigenvalue weighted by Gasteiger charge is 2.32. The molecule has 128 valence electrons. The molecule has 1 heterocycles. The molecule has 4 nitrogen and oxygen atoms in total. The van der Waals surface area contributed by atoms with Gasteiger partial charge < -0.3 is 9.64 Å². The summed E-state index contributed by atoms with van der Waals surface area (Å²) in [6.07, 6.45) is -4.81. The smallest absolute Gasteiger partial charge is 0.405 e. The molecule has 2 rings (SSSR count). The van der Waals surface area contributed by atoms with Gasteiger partial charge in [0.1, 0.15) is 16.1 Å². The Morgan fingerprint density at radius 3 is 2.38 bits per heavy atom. The lowest BCUT2D eigenvalue weighted by Gasteiger charge is -2.20. The van der Waals surface area contributed by atoms with E-state index in [-0.39, 0.29) is 33.7 Å². The first-order valence-electron chi connectivity index (χ1n) is 6.58. The van der Waals surface area contributed by atoms with Gasteiger partial charge in [-0.3, -0.25) is 4.79 Å². The molecule has 1 aromatic heterocycles. The maximum atomic E-state index is 12.4. The number of benzene rings is 1. The number of aromatic nitrogens is 1. The van der Waals surface area contributed by atoms with Crippen LogP contribution in [0.2, 0.25) is 10.3 Å². The van der Waals surface area contributed by atoms with E-state index < -0.39 is 12.3 Å². The Labute approximate surface area is 145 Å². The zero-order valence-electron chi connectivity index (χ0n) is 12.3. The van der Waals surface area contributed by atoms with Crippen LogP contribution < -0.4 is 4.74 Å². The molecule has 1 amide bonds. The lowest BCUT2D eigenvalue weighted by molar-refractivity contribution is -0.274. The maximum Gasteiger partial charge on any atom is 0.573 e. The van der Waals surface area contributed by atoms with Gasteiger partial charge in [0.15, 0.2) is 0 Å². The number of ether oxygens (including phenoxy) is 1. The van der Waals surface area contributed by atoms with E-state index in [1.54, 1.807) is 6.07 Å². The molecule has 0 saturated heterocycles. The summed E-state index contributed by atoms with van der Waals surface area (Å²) in [5.41, 5.74) is 0.383. The predicted molar refractivity (Wildman–Crippen MR) is 83.2 cm³/mol. The molecule has 0 aliphatic rings. The summed E-state index contributed by atoms with van der Waals surface area (Å²) >= 11 is 11.5. The number of para-hydroxylation sites is 1. The van der Waals surface area contributed by atoms with Crippen LogP contribution in [0.15, 0.2) is 36.4 Å². The van der Waals surface area contributed by atoms with Crippen molar-refractivity contribution < 1.29 is 22.7 Å². The molecule has 24 heavy (non-hydrogen) atoms. The number of hydrogen-bond donors (Lipinski definition) is 0. The SMILES string of the molecule is CN(Cc1ccccc1OC(F)(F)F)C(=O)c1cc(Cl)nc(Cl)c1. The molecule has 0 fully saturated rings. The average molecular weight is 379 g/mol. The van der Waals surface area contributed by atoms with Crippen molar-refractivity contribution >= 4 is 29.1 Å². The summed E-state index contributed by atoms with van der Waals surface area (Å²) in [5, 5.41) is 0.0834. The Balaban J connectivity index is 2.20. The first-order chi connectivity index (χ1) is 11.2. The van der Waals surface area contributed by atoms with Crippen LogP contribution in [0.5, 0.6) is 5.75 Å². The highest BCUT2D eigenvalue weighted by Crippen LogP contribution is 2.27. The zero-order chi connectivity index (χ0) is 17.9. The van der Waals surface area contributed by atoms with Crippen LogP contribution in [0.25, 0.3) is 0 Å². The summed E-state index contributed by atoms with van der Waals surface area (Å²) < 4.78 is 41.3. The van der Waals surface area contributed by atoms with Gasteiger partial charge in [-0.1, -0.05) is 41.4 Å². The van der Waals surface area contributed by atoms with Gasteiger partial charge in [-0.15, -0.1) is 13.2 Å². The lowest BCUT2D eigenvalue weighted by atomic mass is 10.1. The van der Waals surface area contributed by atoms with Crippen LogP contribution in [0.4, 0.5) is 13.2 Å². The molecule has 0 aliphatic heterocycles. The van der Waals surface area contributed by atoms with Crippen molar-refractivity contribution in [1.29, 1.82) is 0 Å². The quantitative estimate of drug-likeness (QED) is 0.732. The van der Waals surface area contributed by atoms with E-state index >= 15 is 0 Å². The predicted octanol–water partition coefficient (Wildman–Crippen LogP) is 4.56. The van der Waals surface area contributed by atoms with E-state index in [9.17, 15) is 18.0 Å². The Kier molecular flexibility index (Phi) is 5.56. The highest BCUT2D eigenvalue weighted by atomic mass is 35.5. The fourth-order valence-electron chi connectivity index (χ4n) is 1.99. The topological polar surface area (TPSA) is 42.4 Å². The van der Waals surface area contributed by atoms with E-state index in [1.807, 2.05) is 0 Å². The van der Waals surface area contributed by atoms with E-state index in [2.05, 4.69) is 9.72 Å². The van der Waals surface area contributed by atoms with Crippen molar-refractivity contribution in [2.24, 2.45) is 0 Å². The molecule has 0 saturated carbocycles. The summed E-state index contributed by atoms with van der Waals surface area (Å²) in [5.74, 6) is -0.835. The van der Waals surface area contributed by atoms with Crippen LogP contribution >= 0.6 is 23.2 Å². The summed E-state index contributed by atoms with van der Waals surface area (Å²) in [4.78, 5) is 17.3. The van der Waals surface area contributed by atoms with Gasteiger partial charge in [0.25, 0.3) is 5.91 Å². The molecule has 0 spiro atoms. The molecular weight excluding hydrogens is 368 g/mol. The van der Waals surface area contributed by atoms with Crippen molar-refractivity contribution in [2.45, 2.75) is 12.9 Å². The number of rotatable bonds is 4. The molecule has 0 bridgehead atoms. The van der Waals surface area contributed by atoms with Gasteiger partial charge in [0.2, 0.25) is 0 Å². The fraction of sp³-hybridized carbons (Fsp3) is 0.200. The van der Waals surface area contributed by atoms with E-state index in [0.717, 1.165) is 0 Å². The van der Waals surface area contributed by atoms with Gasteiger partial charge in [-0.05, 0) is 18.2 Å². The standard InChI is InChI=1S/C15H11Cl2F3N2O2/c1-22(14(23)10-6-12(16)21-13(17)7-10)8-9-4-2-3-5-11(9)24-15(18,19)20/h2-7H,8H2,1H3. The third-order valence-electron chi connectivity index (χ3n) is 2.96. The fourth-order valence-corrected chi connectivity index (χ4v) is 2.46. The van der Waals surface area contributed by atoms with Gasteiger partial charge in [0.05, 0.1) is 0 Å². The Bertz CT molecular complexity index is 733. The summed E-state index contributed by atoms with van der Waals surface area (Å²) in [7, 11) is 1.44. The molecule has 9 heteroatoms. The van der Waals surface area contributed by atoms with Crippen LogP contribution in [-0.4, -0.2) is 29.2 Å². The second kappa shape index (κ2) is 7.27. The number of pyridine rings is 1. The maximum absolute atomic E-state index is 12.4. The number of alkyl halides is 3. The van der Waals surface area contributed by atoms with Crippen LogP contribution in [0.1, 0.15) is 15.9 Å². The van der Waals surface area contributed by atoms with Crippen molar-refractivity contribution in [3.63, 3.8) is 0 Å². The minimum Gasteiger partial charge on any atom is -0.405 e. The van der Waals surface area contributed by atoms with Crippen molar-refractivity contribution in [3.05, 3.63) is 57.8 Å². The van der Waals surface area contributed by atoms with E-state index in [1.165, 1.54) is 42.3 Å². The lowest BCUT2D eigenvalue weighted by Crippen LogP contribution is -2.27. The van der Waals surface area contributed by atoms with E-state index in [4.69, 9.17) is 23.2 Å². The molecular formula is C15H11Cl2F3N2O2. The first-order valence-corrected chi connectivity index (χ1v) is 7.33. The molecule has 0 radical (unpaired) electrons. The number of nitrogens with zero attached hydrogens (tertiary/aromatic N) is 2. The van der Waals surface area contributed by atoms with Gasteiger partial charge in [0, 0.05) is 24.7 Å². The minimum absolute atomic E-state index is 0.0417. The molecule has 0 aliphatic carbocycles. The van der Waals surface area contributed by atoms with Crippen LogP contribution in [0, 0.1) is 0 Å². The van der Waals surface area contributed by atoms with Gasteiger partial charge >= 0.3 is 6.36 Å². The molecule has 0 atom stereocenters. The van der Waals surface area contributed by atoms with Crippen LogP contribution in [0.3, 0.4) is 0 Å². The minimum atomic E-state index is -4.81. The monoisotopic (exact) mass is 378 g/mol. The Hall–Kier alpha value is -1.99. The number of hydrogen-bond acceptors (Lipinski definition) is 3. The molecule has 1 aromatic carbocycles. The molecule has 0 N–H and O–H groups in total. The average Bonchev–Trinajstić information content (AvgIpc) is 2.46. The Morgan fingerprint density at radius 1 is 1.21 bits per heavy atom. The largest absolute Gasteiger partial charge is 0.573 e. The number of carbonyl (C=O) groups excluding carboxylic acids is 1. The zero-order valence-corrected chi connectivity index (χ0v) is 13.8. The summed E-state index contributed by atoms with van der Waals surface area (Å²) in [6.45, 7) is -0.0946. The Morgan fingerprint density at radius 2 is 1.79 bits per heavy atom. The van der Waals surface area contributed by atoms with Crippen molar-refractivity contribution in [3.8, 4) is 5.75 Å². The van der Waals surface area contributed by atoms with Gasteiger partial charge in [-0.2, -0.15) is 0 Å². The van der Waals surface area contributed by atoms with Gasteiger partial charge in [-0.25, -0.2) is 4.98 Å². The second-order valence-corrected chi connectivity index (χ2v) is 5.59. The number of amides is 1. The van der Waals surface area contributed by atoms with Crippen molar-refractivity contribution in [2.75, 3.05) is 7.05 Å².